The molecule has 94 valence electrons. The van der Waals surface area contributed by atoms with Gasteiger partial charge < -0.3 is 5.11 Å². The van der Waals surface area contributed by atoms with Gasteiger partial charge in [-0.15, -0.1) is 11.3 Å². The molecule has 0 saturated carbocycles. The lowest BCUT2D eigenvalue weighted by atomic mass is 10.1. The van der Waals surface area contributed by atoms with Gasteiger partial charge in [0, 0.05) is 5.39 Å². The summed E-state index contributed by atoms with van der Waals surface area (Å²) in [5, 5.41) is 12.3. The van der Waals surface area contributed by atoms with Crippen LogP contribution < -0.4 is 0 Å². The molecule has 0 amide bonds. The van der Waals surface area contributed by atoms with E-state index in [1.807, 2.05) is 17.5 Å². The van der Waals surface area contributed by atoms with E-state index in [1.54, 1.807) is 24.3 Å². The van der Waals surface area contributed by atoms with Crippen molar-refractivity contribution in [1.29, 1.82) is 0 Å². The van der Waals surface area contributed by atoms with Crippen LogP contribution in [0.2, 0.25) is 5.02 Å². The maximum absolute atomic E-state index is 11.4. The van der Waals surface area contributed by atoms with Crippen LogP contribution in [0, 0.1) is 0 Å². The lowest BCUT2D eigenvalue weighted by Gasteiger charge is -2.06. The molecule has 0 radical (unpaired) electrons. The number of rotatable bonds is 2. The summed E-state index contributed by atoms with van der Waals surface area (Å²) in [5.74, 6) is -0.979. The number of benzene rings is 1. The van der Waals surface area contributed by atoms with Gasteiger partial charge in [-0.05, 0) is 23.6 Å². The molecule has 0 fully saturated rings. The normalized spacial score (nSPS) is 10.8. The van der Waals surface area contributed by atoms with Gasteiger partial charge in [-0.2, -0.15) is 0 Å². The minimum atomic E-state index is -0.979. The number of nitrogens with zero attached hydrogens (tertiary/aromatic N) is 1. The molecule has 0 aliphatic carbocycles. The van der Waals surface area contributed by atoms with Crippen molar-refractivity contribution in [3.8, 4) is 10.6 Å². The van der Waals surface area contributed by atoms with E-state index in [4.69, 9.17) is 11.6 Å². The van der Waals surface area contributed by atoms with Crippen molar-refractivity contribution >= 4 is 39.8 Å². The summed E-state index contributed by atoms with van der Waals surface area (Å²) in [6.45, 7) is 0. The molecule has 0 bridgehead atoms. The largest absolute Gasteiger partial charge is 0.478 e. The average Bonchev–Trinajstić information content (AvgIpc) is 2.92. The van der Waals surface area contributed by atoms with Crippen LogP contribution in [0.25, 0.3) is 21.5 Å². The minimum absolute atomic E-state index is 0.218. The second kappa shape index (κ2) is 4.64. The summed E-state index contributed by atoms with van der Waals surface area (Å²) in [4.78, 5) is 16.8. The molecule has 3 rings (SSSR count). The van der Waals surface area contributed by atoms with Crippen molar-refractivity contribution in [3.05, 3.63) is 52.4 Å². The van der Waals surface area contributed by atoms with E-state index in [9.17, 15) is 9.90 Å². The van der Waals surface area contributed by atoms with Crippen LogP contribution in [0.15, 0.2) is 41.8 Å². The molecule has 2 heterocycles. The van der Waals surface area contributed by atoms with Crippen LogP contribution in [-0.4, -0.2) is 16.1 Å². The van der Waals surface area contributed by atoms with Crippen molar-refractivity contribution in [2.45, 2.75) is 0 Å². The number of para-hydroxylation sites is 1. The quantitative estimate of drug-likeness (QED) is 0.764. The van der Waals surface area contributed by atoms with Crippen LogP contribution in [-0.2, 0) is 0 Å². The molecule has 0 aliphatic rings. The van der Waals surface area contributed by atoms with Crippen molar-refractivity contribution in [3.63, 3.8) is 0 Å². The third-order valence-corrected chi connectivity index (χ3v) is 3.99. The summed E-state index contributed by atoms with van der Waals surface area (Å²) < 4.78 is 0. The highest BCUT2D eigenvalue weighted by atomic mass is 35.5. The SMILES string of the molecule is O=C(O)c1cc(-c2cccs2)nc2c(Cl)cccc12. The molecule has 1 aromatic carbocycles. The highest BCUT2D eigenvalue weighted by molar-refractivity contribution is 7.13. The Bertz CT molecular complexity index is 768. The fourth-order valence-electron chi connectivity index (χ4n) is 1.94. The van der Waals surface area contributed by atoms with Crippen molar-refractivity contribution in [1.82, 2.24) is 4.98 Å². The molecule has 0 aliphatic heterocycles. The fraction of sp³-hybridized carbons (Fsp3) is 0. The van der Waals surface area contributed by atoms with Crippen LogP contribution in [0.4, 0.5) is 0 Å². The second-order valence-corrected chi connectivity index (χ2v) is 5.33. The molecule has 0 saturated heterocycles. The highest BCUT2D eigenvalue weighted by Gasteiger charge is 2.14. The van der Waals surface area contributed by atoms with Crippen molar-refractivity contribution < 1.29 is 9.90 Å². The molecule has 5 heteroatoms. The Labute approximate surface area is 118 Å². The zero-order valence-electron chi connectivity index (χ0n) is 9.63. The average molecular weight is 290 g/mol. The second-order valence-electron chi connectivity index (χ2n) is 3.97. The number of thiophene rings is 1. The Balaban J connectivity index is 2.38. The maximum atomic E-state index is 11.4. The van der Waals surface area contributed by atoms with Crippen LogP contribution in [0.1, 0.15) is 10.4 Å². The third kappa shape index (κ3) is 2.09. The van der Waals surface area contributed by atoms with Crippen LogP contribution >= 0.6 is 22.9 Å². The van der Waals surface area contributed by atoms with Gasteiger partial charge in [0.2, 0.25) is 0 Å². The number of hydrogen-bond donors (Lipinski definition) is 1. The maximum Gasteiger partial charge on any atom is 0.336 e. The topological polar surface area (TPSA) is 50.2 Å². The molecule has 3 aromatic rings. The summed E-state index contributed by atoms with van der Waals surface area (Å²) in [6.07, 6.45) is 0. The predicted octanol–water partition coefficient (Wildman–Crippen LogP) is 4.31. The molecule has 2 aromatic heterocycles. The lowest BCUT2D eigenvalue weighted by molar-refractivity contribution is 0.0699. The monoisotopic (exact) mass is 289 g/mol. The Hall–Kier alpha value is -1.91. The Kier molecular flexibility index (Phi) is 2.97. The molecule has 0 atom stereocenters. The van der Waals surface area contributed by atoms with Gasteiger partial charge in [-0.1, -0.05) is 29.8 Å². The van der Waals surface area contributed by atoms with Gasteiger partial charge in [-0.25, -0.2) is 9.78 Å². The van der Waals surface area contributed by atoms with E-state index in [-0.39, 0.29) is 5.56 Å². The Morgan fingerprint density at radius 3 is 2.79 bits per heavy atom. The fourth-order valence-corrected chi connectivity index (χ4v) is 2.84. The first-order valence-electron chi connectivity index (χ1n) is 5.53. The molecular weight excluding hydrogens is 282 g/mol. The van der Waals surface area contributed by atoms with E-state index >= 15 is 0 Å². The Morgan fingerprint density at radius 1 is 1.26 bits per heavy atom. The Morgan fingerprint density at radius 2 is 2.11 bits per heavy atom. The summed E-state index contributed by atoms with van der Waals surface area (Å²) in [6, 6.07) is 10.5. The number of fused-ring (bicyclic) bond motifs is 1. The van der Waals surface area contributed by atoms with E-state index in [2.05, 4.69) is 4.98 Å². The van der Waals surface area contributed by atoms with E-state index in [0.29, 0.717) is 21.6 Å². The van der Waals surface area contributed by atoms with Gasteiger partial charge in [0.05, 0.1) is 26.7 Å². The molecule has 19 heavy (non-hydrogen) atoms. The van der Waals surface area contributed by atoms with Crippen LogP contribution in [0.3, 0.4) is 0 Å². The number of aromatic nitrogens is 1. The summed E-state index contributed by atoms with van der Waals surface area (Å²) >= 11 is 7.63. The van der Waals surface area contributed by atoms with E-state index in [0.717, 1.165) is 4.88 Å². The van der Waals surface area contributed by atoms with Crippen molar-refractivity contribution in [2.75, 3.05) is 0 Å². The van der Waals surface area contributed by atoms with Gasteiger partial charge in [0.25, 0.3) is 0 Å². The number of aromatic carboxylic acids is 1. The lowest BCUT2D eigenvalue weighted by Crippen LogP contribution is -2.00. The first kappa shape index (κ1) is 12.1. The zero-order chi connectivity index (χ0) is 13.4. The number of pyridine rings is 1. The standard InChI is InChI=1S/C14H8ClNO2S/c15-10-4-1-3-8-9(14(17)18)7-11(16-13(8)10)12-5-2-6-19-12/h1-7H,(H,17,18). The number of hydrogen-bond acceptors (Lipinski definition) is 3. The molecular formula is C14H8ClNO2S. The molecule has 3 nitrogen and oxygen atoms in total. The number of carbonyl (C=O) groups is 1. The number of halogens is 1. The molecule has 0 spiro atoms. The minimum Gasteiger partial charge on any atom is -0.478 e. The molecule has 0 unspecified atom stereocenters. The summed E-state index contributed by atoms with van der Waals surface area (Å²) in [7, 11) is 0. The smallest absolute Gasteiger partial charge is 0.336 e. The van der Waals surface area contributed by atoms with Crippen molar-refractivity contribution in [2.24, 2.45) is 0 Å². The van der Waals surface area contributed by atoms with Crippen LogP contribution in [0.5, 0.6) is 0 Å². The molecule has 1 N–H and O–H groups in total. The van der Waals surface area contributed by atoms with Gasteiger partial charge >= 0.3 is 5.97 Å². The zero-order valence-corrected chi connectivity index (χ0v) is 11.2. The first-order chi connectivity index (χ1) is 9.16. The number of carboxylic acids is 1. The van der Waals surface area contributed by atoms with Gasteiger partial charge in [0.1, 0.15) is 0 Å². The third-order valence-electron chi connectivity index (χ3n) is 2.79. The van der Waals surface area contributed by atoms with Gasteiger partial charge in [-0.3, -0.25) is 0 Å². The highest BCUT2D eigenvalue weighted by Crippen LogP contribution is 2.30. The summed E-state index contributed by atoms with van der Waals surface area (Å²) in [5.41, 5.74) is 1.37. The predicted molar refractivity (Wildman–Crippen MR) is 77.0 cm³/mol. The van der Waals surface area contributed by atoms with E-state index < -0.39 is 5.97 Å². The van der Waals surface area contributed by atoms with Gasteiger partial charge in [0.15, 0.2) is 0 Å². The van der Waals surface area contributed by atoms with E-state index in [1.165, 1.54) is 11.3 Å². The number of carboxylic acid groups (broad SMARTS) is 1. The first-order valence-corrected chi connectivity index (χ1v) is 6.79.